The lowest BCUT2D eigenvalue weighted by Crippen LogP contribution is -2.28. The van der Waals surface area contributed by atoms with E-state index >= 15 is 0 Å². The van der Waals surface area contributed by atoms with Crippen molar-refractivity contribution in [3.05, 3.63) is 5.82 Å². The molecule has 1 unspecified atom stereocenters. The van der Waals surface area contributed by atoms with Gasteiger partial charge in [-0.3, -0.25) is 14.8 Å². The molecule has 1 atom stereocenters. The Morgan fingerprint density at radius 1 is 1.47 bits per heavy atom. The molecule has 1 aliphatic heterocycles. The van der Waals surface area contributed by atoms with E-state index in [2.05, 4.69) is 15.2 Å². The molecular formula is C9H13N5O. The molecule has 80 valence electrons. The molecule has 3 rings (SSSR count). The van der Waals surface area contributed by atoms with Crippen LogP contribution in [-0.4, -0.2) is 33.7 Å². The molecule has 0 radical (unpaired) electrons. The summed E-state index contributed by atoms with van der Waals surface area (Å²) >= 11 is 0. The summed E-state index contributed by atoms with van der Waals surface area (Å²) in [5.74, 6) is 1.93. The summed E-state index contributed by atoms with van der Waals surface area (Å²) in [6.07, 6.45) is 2.73. The minimum atomic E-state index is -0.0830. The zero-order chi connectivity index (χ0) is 10.4. The number of hydrogen-bond acceptors (Lipinski definition) is 4. The van der Waals surface area contributed by atoms with Gasteiger partial charge >= 0.3 is 0 Å². The van der Waals surface area contributed by atoms with Crippen molar-refractivity contribution in [1.29, 1.82) is 0 Å². The van der Waals surface area contributed by atoms with Crippen LogP contribution in [0, 0.1) is 0 Å². The second kappa shape index (κ2) is 3.03. The highest BCUT2D eigenvalue weighted by Crippen LogP contribution is 2.38. The number of aromatic amines is 1. The maximum atomic E-state index is 11.5. The Morgan fingerprint density at radius 2 is 2.27 bits per heavy atom. The standard InChI is InChI=1S/C9H13N5O/c10-6-3-7(15)14(4-6)9-11-8(12-13-9)5-1-2-5/h5-6H,1-4,10H2,(H,11,12,13). The number of hydrogen-bond donors (Lipinski definition) is 2. The van der Waals surface area contributed by atoms with E-state index in [-0.39, 0.29) is 11.9 Å². The van der Waals surface area contributed by atoms with E-state index in [1.54, 1.807) is 4.90 Å². The van der Waals surface area contributed by atoms with Crippen molar-refractivity contribution in [2.24, 2.45) is 5.73 Å². The highest BCUT2D eigenvalue weighted by molar-refractivity contribution is 5.94. The second-order valence-electron chi connectivity index (χ2n) is 4.26. The van der Waals surface area contributed by atoms with E-state index in [1.165, 1.54) is 12.8 Å². The van der Waals surface area contributed by atoms with Gasteiger partial charge < -0.3 is 5.73 Å². The lowest BCUT2D eigenvalue weighted by atomic mass is 10.3. The topological polar surface area (TPSA) is 87.9 Å². The molecule has 2 fully saturated rings. The normalized spacial score (nSPS) is 26.3. The van der Waals surface area contributed by atoms with E-state index in [9.17, 15) is 4.79 Å². The van der Waals surface area contributed by atoms with E-state index < -0.39 is 0 Å². The van der Waals surface area contributed by atoms with Gasteiger partial charge in [0.2, 0.25) is 5.91 Å². The monoisotopic (exact) mass is 207 g/mol. The number of nitrogens with zero attached hydrogens (tertiary/aromatic N) is 3. The summed E-state index contributed by atoms with van der Waals surface area (Å²) in [5, 5.41) is 6.94. The number of carbonyl (C=O) groups is 1. The van der Waals surface area contributed by atoms with Crippen molar-refractivity contribution in [3.8, 4) is 0 Å². The van der Waals surface area contributed by atoms with Crippen molar-refractivity contribution in [2.45, 2.75) is 31.2 Å². The van der Waals surface area contributed by atoms with Crippen LogP contribution in [0.4, 0.5) is 5.95 Å². The molecule has 0 bridgehead atoms. The second-order valence-corrected chi connectivity index (χ2v) is 4.26. The molecule has 1 aromatic heterocycles. The first-order chi connectivity index (χ1) is 7.24. The number of carbonyl (C=O) groups excluding carboxylic acids is 1. The number of amides is 1. The molecule has 15 heavy (non-hydrogen) atoms. The van der Waals surface area contributed by atoms with Crippen molar-refractivity contribution in [2.75, 3.05) is 11.4 Å². The van der Waals surface area contributed by atoms with Crippen molar-refractivity contribution >= 4 is 11.9 Å². The Balaban J connectivity index is 1.82. The molecule has 6 nitrogen and oxygen atoms in total. The first-order valence-electron chi connectivity index (χ1n) is 5.22. The molecule has 1 amide bonds. The Morgan fingerprint density at radius 3 is 2.87 bits per heavy atom. The highest BCUT2D eigenvalue weighted by atomic mass is 16.2. The largest absolute Gasteiger partial charge is 0.326 e. The number of nitrogens with two attached hydrogens (primary N) is 1. The average molecular weight is 207 g/mol. The van der Waals surface area contributed by atoms with Crippen LogP contribution in [0.1, 0.15) is 31.0 Å². The molecule has 6 heteroatoms. The molecule has 1 saturated carbocycles. The van der Waals surface area contributed by atoms with Gasteiger partial charge in [-0.1, -0.05) is 0 Å². The predicted molar refractivity (Wildman–Crippen MR) is 53.3 cm³/mol. The molecule has 1 aromatic rings. The summed E-state index contributed by atoms with van der Waals surface area (Å²) in [6.45, 7) is 0.529. The van der Waals surface area contributed by atoms with Crippen LogP contribution >= 0.6 is 0 Å². The van der Waals surface area contributed by atoms with Crippen LogP contribution in [0.5, 0.6) is 0 Å². The number of anilines is 1. The minimum Gasteiger partial charge on any atom is -0.326 e. The zero-order valence-corrected chi connectivity index (χ0v) is 8.31. The molecule has 1 aliphatic carbocycles. The quantitative estimate of drug-likeness (QED) is 0.699. The van der Waals surface area contributed by atoms with Crippen LogP contribution in [0.2, 0.25) is 0 Å². The molecule has 3 N–H and O–H groups in total. The van der Waals surface area contributed by atoms with Gasteiger partial charge in [-0.25, -0.2) is 0 Å². The summed E-state index contributed by atoms with van der Waals surface area (Å²) < 4.78 is 0. The Labute approximate surface area is 86.9 Å². The van der Waals surface area contributed by atoms with Crippen LogP contribution in [-0.2, 0) is 4.79 Å². The summed E-state index contributed by atoms with van der Waals surface area (Å²) in [7, 11) is 0. The van der Waals surface area contributed by atoms with Gasteiger partial charge in [-0.05, 0) is 12.8 Å². The number of aromatic nitrogens is 3. The van der Waals surface area contributed by atoms with E-state index in [4.69, 9.17) is 5.73 Å². The third-order valence-corrected chi connectivity index (χ3v) is 2.85. The van der Waals surface area contributed by atoms with Crippen molar-refractivity contribution in [1.82, 2.24) is 15.2 Å². The zero-order valence-electron chi connectivity index (χ0n) is 8.31. The van der Waals surface area contributed by atoms with Crippen LogP contribution < -0.4 is 10.6 Å². The third kappa shape index (κ3) is 1.50. The Hall–Kier alpha value is -1.43. The number of nitrogens with one attached hydrogen (secondary N) is 1. The van der Waals surface area contributed by atoms with Crippen molar-refractivity contribution < 1.29 is 4.79 Å². The van der Waals surface area contributed by atoms with E-state index in [1.807, 2.05) is 0 Å². The Bertz CT molecular complexity index is 397. The maximum absolute atomic E-state index is 11.5. The molecular weight excluding hydrogens is 194 g/mol. The predicted octanol–water partition coefficient (Wildman–Crippen LogP) is -0.254. The van der Waals surface area contributed by atoms with Gasteiger partial charge in [0.25, 0.3) is 5.95 Å². The van der Waals surface area contributed by atoms with Gasteiger partial charge in [-0.2, -0.15) is 4.98 Å². The van der Waals surface area contributed by atoms with Gasteiger partial charge in [0, 0.05) is 24.9 Å². The first kappa shape index (κ1) is 8.84. The van der Waals surface area contributed by atoms with E-state index in [0.717, 1.165) is 5.82 Å². The fourth-order valence-corrected chi connectivity index (χ4v) is 1.85. The molecule has 0 aromatic carbocycles. The average Bonchev–Trinajstić information content (AvgIpc) is 2.83. The first-order valence-corrected chi connectivity index (χ1v) is 5.22. The van der Waals surface area contributed by atoms with Gasteiger partial charge in [0.15, 0.2) is 0 Å². The smallest absolute Gasteiger partial charge is 0.251 e. The fourth-order valence-electron chi connectivity index (χ4n) is 1.85. The number of H-pyrrole nitrogens is 1. The summed E-state index contributed by atoms with van der Waals surface area (Å²) in [4.78, 5) is 17.4. The summed E-state index contributed by atoms with van der Waals surface area (Å²) in [5.41, 5.74) is 5.70. The Kier molecular flexibility index (Phi) is 1.79. The molecule has 2 aliphatic rings. The van der Waals surface area contributed by atoms with Gasteiger partial charge in [0.1, 0.15) is 5.82 Å². The lowest BCUT2D eigenvalue weighted by Gasteiger charge is -2.09. The van der Waals surface area contributed by atoms with Gasteiger partial charge in [0.05, 0.1) is 0 Å². The maximum Gasteiger partial charge on any atom is 0.251 e. The lowest BCUT2D eigenvalue weighted by molar-refractivity contribution is -0.117. The van der Waals surface area contributed by atoms with Gasteiger partial charge in [-0.15, -0.1) is 5.10 Å². The van der Waals surface area contributed by atoms with E-state index in [0.29, 0.717) is 24.8 Å². The molecule has 2 heterocycles. The van der Waals surface area contributed by atoms with Crippen LogP contribution in [0.25, 0.3) is 0 Å². The van der Waals surface area contributed by atoms with Crippen molar-refractivity contribution in [3.63, 3.8) is 0 Å². The van der Waals surface area contributed by atoms with Crippen LogP contribution in [0.3, 0.4) is 0 Å². The fraction of sp³-hybridized carbons (Fsp3) is 0.667. The molecule has 1 saturated heterocycles. The summed E-state index contributed by atoms with van der Waals surface area (Å²) in [6, 6.07) is -0.0830. The third-order valence-electron chi connectivity index (χ3n) is 2.85. The number of rotatable bonds is 2. The highest BCUT2D eigenvalue weighted by Gasteiger charge is 2.33. The SMILES string of the molecule is NC1CC(=O)N(c2n[nH]c(C3CC3)n2)C1. The minimum absolute atomic E-state index is 0.0175. The molecule has 0 spiro atoms. The van der Waals surface area contributed by atoms with Crippen LogP contribution in [0.15, 0.2) is 0 Å².